The normalized spacial score (nSPS) is 12.2. The van der Waals surface area contributed by atoms with Crippen LogP contribution in [0.5, 0.6) is 0 Å². The summed E-state index contributed by atoms with van der Waals surface area (Å²) in [6.07, 6.45) is 44.3. The molecule has 58 heavy (non-hydrogen) atoms. The molecule has 0 spiro atoms. The first kappa shape index (κ1) is 56.6. The van der Waals surface area contributed by atoms with Crippen molar-refractivity contribution in [1.82, 2.24) is 10.6 Å². The summed E-state index contributed by atoms with van der Waals surface area (Å²) in [5.74, 6) is 0.799. The van der Waals surface area contributed by atoms with Crippen LogP contribution in [0.2, 0.25) is 0 Å². The quantitative estimate of drug-likeness (QED) is 0.0602. The van der Waals surface area contributed by atoms with E-state index < -0.39 is 0 Å². The highest BCUT2D eigenvalue weighted by Gasteiger charge is 2.30. The van der Waals surface area contributed by atoms with Crippen LogP contribution in [-0.2, 0) is 14.4 Å². The van der Waals surface area contributed by atoms with E-state index in [0.717, 1.165) is 77.0 Å². The summed E-state index contributed by atoms with van der Waals surface area (Å²) in [5.41, 5.74) is -0.754. The molecule has 344 valence electrons. The van der Waals surface area contributed by atoms with Gasteiger partial charge in [0.25, 0.3) is 0 Å². The van der Waals surface area contributed by atoms with Crippen LogP contribution in [0.1, 0.15) is 299 Å². The predicted molar refractivity (Wildman–Crippen MR) is 255 cm³/mol. The Hall–Kier alpha value is -1.39. The van der Waals surface area contributed by atoms with Crippen molar-refractivity contribution in [3.63, 3.8) is 0 Å². The Bertz CT molecular complexity index is 853. The second kappa shape index (κ2) is 38.5. The number of hydrogen-bond donors (Lipinski definition) is 2. The molecule has 0 atom stereocenters. The molecule has 2 N–H and O–H groups in total. The number of amides is 2. The van der Waals surface area contributed by atoms with Gasteiger partial charge in [0, 0.05) is 35.8 Å². The molecule has 0 bridgehead atoms. The maximum atomic E-state index is 13.5. The number of carbonyl (C=O) groups excluding carboxylic acids is 3. The minimum atomic E-state index is -0.377. The Morgan fingerprint density at radius 2 is 0.586 bits per heavy atom. The molecule has 5 heteroatoms. The Labute approximate surface area is 363 Å². The van der Waals surface area contributed by atoms with E-state index in [2.05, 4.69) is 66.0 Å². The maximum Gasteiger partial charge on any atom is 0.225 e. The van der Waals surface area contributed by atoms with Crippen molar-refractivity contribution in [1.29, 1.82) is 0 Å². The molecule has 0 unspecified atom stereocenters. The molecule has 0 saturated carbocycles. The first-order valence-corrected chi connectivity index (χ1v) is 26.1. The van der Waals surface area contributed by atoms with Crippen LogP contribution < -0.4 is 10.6 Å². The second-order valence-corrected chi connectivity index (χ2v) is 20.0. The summed E-state index contributed by atoms with van der Waals surface area (Å²) >= 11 is 0. The lowest BCUT2D eigenvalue weighted by Gasteiger charge is -2.28. The van der Waals surface area contributed by atoms with E-state index in [1.54, 1.807) is 0 Å². The highest BCUT2D eigenvalue weighted by atomic mass is 16.2. The van der Waals surface area contributed by atoms with E-state index in [4.69, 9.17) is 0 Å². The van der Waals surface area contributed by atoms with Gasteiger partial charge >= 0.3 is 0 Å². The molecule has 0 heterocycles. The van der Waals surface area contributed by atoms with E-state index in [9.17, 15) is 14.4 Å². The van der Waals surface area contributed by atoms with Gasteiger partial charge in [-0.3, -0.25) is 14.4 Å². The lowest BCUT2D eigenvalue weighted by molar-refractivity contribution is -0.131. The zero-order chi connectivity index (χ0) is 43.2. The predicted octanol–water partition coefficient (Wildman–Crippen LogP) is 16.5. The molecular formula is C53H104N2O3. The molecule has 0 aliphatic heterocycles. The highest BCUT2D eigenvalue weighted by Crippen LogP contribution is 2.27. The molecule has 0 aliphatic rings. The molecule has 5 nitrogen and oxygen atoms in total. The van der Waals surface area contributed by atoms with Crippen LogP contribution in [0.25, 0.3) is 0 Å². The molecule has 0 fully saturated rings. The number of ketones is 1. The molecule has 0 saturated heterocycles. The summed E-state index contributed by atoms with van der Waals surface area (Å²) in [5, 5.41) is 6.98. The smallest absolute Gasteiger partial charge is 0.225 e. The van der Waals surface area contributed by atoms with E-state index in [1.165, 1.54) is 154 Å². The fourth-order valence-electron chi connectivity index (χ4n) is 8.51. The summed E-state index contributed by atoms with van der Waals surface area (Å²) in [6, 6.07) is 0.605. The van der Waals surface area contributed by atoms with Crippen LogP contribution >= 0.6 is 0 Å². The van der Waals surface area contributed by atoms with E-state index in [1.807, 2.05) is 0 Å². The minimum absolute atomic E-state index is 0.215. The van der Waals surface area contributed by atoms with Gasteiger partial charge in [-0.05, 0) is 51.4 Å². The fourth-order valence-corrected chi connectivity index (χ4v) is 8.51. The first-order chi connectivity index (χ1) is 27.9. The van der Waals surface area contributed by atoms with E-state index >= 15 is 0 Å². The number of unbranched alkanes of at least 4 members (excludes halogenated alkanes) is 24. The molecule has 2 amide bonds. The highest BCUT2D eigenvalue weighted by molar-refractivity contribution is 5.82. The monoisotopic (exact) mass is 817 g/mol. The SMILES string of the molecule is CCCCCCCCC(CCCCCCCC)NC(=O)C(C)(C)CCCCCC(=O)CCCCCC(C)(C)C(=O)NC(CCCCCCCC)CCCCCCCC. The summed E-state index contributed by atoms with van der Waals surface area (Å²) < 4.78 is 0. The van der Waals surface area contributed by atoms with Crippen LogP contribution in [-0.4, -0.2) is 29.7 Å². The van der Waals surface area contributed by atoms with Crippen molar-refractivity contribution in [2.24, 2.45) is 10.8 Å². The van der Waals surface area contributed by atoms with Crippen LogP contribution in [0.3, 0.4) is 0 Å². The fraction of sp³-hybridized carbons (Fsp3) is 0.943. The van der Waals surface area contributed by atoms with Crippen molar-refractivity contribution in [3.05, 3.63) is 0 Å². The largest absolute Gasteiger partial charge is 0.353 e. The Kier molecular flexibility index (Phi) is 37.6. The van der Waals surface area contributed by atoms with Crippen molar-refractivity contribution >= 4 is 17.6 Å². The van der Waals surface area contributed by atoms with Gasteiger partial charge in [0.15, 0.2) is 0 Å². The van der Waals surface area contributed by atoms with Gasteiger partial charge in [-0.15, -0.1) is 0 Å². The van der Waals surface area contributed by atoms with Gasteiger partial charge in [0.1, 0.15) is 5.78 Å². The number of carbonyl (C=O) groups is 3. The molecular weight excluding hydrogens is 713 g/mol. The number of hydrogen-bond acceptors (Lipinski definition) is 3. The second-order valence-electron chi connectivity index (χ2n) is 20.0. The van der Waals surface area contributed by atoms with Gasteiger partial charge in [0.2, 0.25) is 11.8 Å². The first-order valence-electron chi connectivity index (χ1n) is 26.1. The van der Waals surface area contributed by atoms with Crippen molar-refractivity contribution in [3.8, 4) is 0 Å². The van der Waals surface area contributed by atoms with Gasteiger partial charge in [0.05, 0.1) is 0 Å². The third kappa shape index (κ3) is 33.3. The van der Waals surface area contributed by atoms with Crippen LogP contribution in [0.4, 0.5) is 0 Å². The number of Topliss-reactive ketones (excluding diaryl/α,β-unsaturated/α-hetero) is 1. The zero-order valence-corrected chi connectivity index (χ0v) is 40.7. The van der Waals surface area contributed by atoms with Crippen molar-refractivity contribution in [2.75, 3.05) is 0 Å². The average molecular weight is 817 g/mol. The maximum absolute atomic E-state index is 13.5. The lowest BCUT2D eigenvalue weighted by Crippen LogP contribution is -2.43. The Balaban J connectivity index is 4.52. The van der Waals surface area contributed by atoms with E-state index in [-0.39, 0.29) is 22.6 Å². The minimum Gasteiger partial charge on any atom is -0.353 e. The van der Waals surface area contributed by atoms with E-state index in [0.29, 0.717) is 30.7 Å². The van der Waals surface area contributed by atoms with Crippen molar-refractivity contribution < 1.29 is 14.4 Å². The summed E-state index contributed by atoms with van der Waals surface area (Å²) in [4.78, 5) is 39.7. The standard InChI is InChI=1S/C53H104N2O3/c1-9-13-17-21-25-31-39-47(40-32-26-22-18-14-10-2)54-50(57)52(5,6)45-37-29-35-43-49(56)44-36-30-38-46-53(7,8)51(58)55-48(41-33-27-23-19-15-11-3)42-34-28-24-20-16-12-4/h47-48H,9-46H2,1-8H3,(H,54,57)(H,55,58). The van der Waals surface area contributed by atoms with Gasteiger partial charge in [-0.25, -0.2) is 0 Å². The third-order valence-corrected chi connectivity index (χ3v) is 13.0. The average Bonchev–Trinajstić information content (AvgIpc) is 3.19. The molecule has 0 aromatic carbocycles. The molecule has 0 aliphatic carbocycles. The van der Waals surface area contributed by atoms with Crippen molar-refractivity contribution in [2.45, 2.75) is 311 Å². The Morgan fingerprint density at radius 3 is 0.862 bits per heavy atom. The Morgan fingerprint density at radius 1 is 0.345 bits per heavy atom. The van der Waals surface area contributed by atoms with Crippen LogP contribution in [0, 0.1) is 10.8 Å². The summed E-state index contributed by atoms with van der Waals surface area (Å²) in [6.45, 7) is 17.5. The van der Waals surface area contributed by atoms with Gasteiger partial charge in [-0.1, -0.05) is 235 Å². The van der Waals surface area contributed by atoms with Gasteiger partial charge in [-0.2, -0.15) is 0 Å². The topological polar surface area (TPSA) is 75.3 Å². The number of nitrogens with one attached hydrogen (secondary N) is 2. The molecule has 0 rings (SSSR count). The summed E-state index contributed by atoms with van der Waals surface area (Å²) in [7, 11) is 0. The van der Waals surface area contributed by atoms with Crippen LogP contribution in [0.15, 0.2) is 0 Å². The lowest BCUT2D eigenvalue weighted by atomic mass is 9.84. The number of rotatable bonds is 44. The molecule has 0 radical (unpaired) electrons. The third-order valence-electron chi connectivity index (χ3n) is 13.0. The van der Waals surface area contributed by atoms with Gasteiger partial charge < -0.3 is 10.6 Å². The zero-order valence-electron chi connectivity index (χ0n) is 40.7. The molecule has 0 aromatic heterocycles. The molecule has 0 aromatic rings.